The van der Waals surface area contributed by atoms with Crippen LogP contribution in [-0.2, 0) is 17.6 Å². The Labute approximate surface area is 165 Å². The van der Waals surface area contributed by atoms with Crippen molar-refractivity contribution >= 4 is 56.5 Å². The molecule has 0 aliphatic heterocycles. The minimum absolute atomic E-state index is 0.0806. The Morgan fingerprint density at radius 2 is 1.96 bits per heavy atom. The van der Waals surface area contributed by atoms with Crippen molar-refractivity contribution in [1.29, 1.82) is 0 Å². The molecule has 4 rings (SSSR count). The Morgan fingerprint density at radius 3 is 2.81 bits per heavy atom. The van der Waals surface area contributed by atoms with Gasteiger partial charge in [0.15, 0.2) is 5.16 Å². The molecule has 0 radical (unpaired) electrons. The molecule has 0 atom stereocenters. The quantitative estimate of drug-likeness (QED) is 0.276. The van der Waals surface area contributed by atoms with Crippen LogP contribution < -0.4 is 5.32 Å². The lowest BCUT2D eigenvalue weighted by Crippen LogP contribution is -2.14. The number of hydrogen-bond donors (Lipinski definition) is 1. The highest BCUT2D eigenvalue weighted by Gasteiger charge is 2.20. The summed E-state index contributed by atoms with van der Waals surface area (Å²) in [5.41, 5.74) is 2.13. The number of fused-ring (bicyclic) bond motifs is 3. The molecule has 0 fully saturated rings. The van der Waals surface area contributed by atoms with Crippen LogP contribution >= 0.6 is 34.7 Å². The minimum Gasteiger partial charge on any atom is -0.325 e. The standard InChI is InChI=1S/C19H18ClN3OS2/c20-17-16-13-9-5-2-6-10-14(13)26-18(16)23-19(22-17)25-11-15(24)21-12-7-3-1-4-8-12/h1,3-4,7-8H,2,5-6,9-11H2,(H,21,24). The van der Waals surface area contributed by atoms with Crippen LogP contribution in [0.4, 0.5) is 5.69 Å². The summed E-state index contributed by atoms with van der Waals surface area (Å²) in [6.45, 7) is 0. The number of amides is 1. The first-order chi connectivity index (χ1) is 12.7. The topological polar surface area (TPSA) is 54.9 Å². The van der Waals surface area contributed by atoms with Crippen LogP contribution in [0.15, 0.2) is 35.5 Å². The van der Waals surface area contributed by atoms with Gasteiger partial charge in [0.2, 0.25) is 5.91 Å². The number of thioether (sulfide) groups is 1. The highest BCUT2D eigenvalue weighted by Crippen LogP contribution is 2.38. The van der Waals surface area contributed by atoms with E-state index in [0.717, 1.165) is 28.7 Å². The second kappa shape index (κ2) is 7.94. The molecule has 0 saturated heterocycles. The van der Waals surface area contributed by atoms with E-state index < -0.39 is 0 Å². The number of aromatic nitrogens is 2. The van der Waals surface area contributed by atoms with Gasteiger partial charge in [-0.05, 0) is 43.4 Å². The SMILES string of the molecule is O=C(CSc1nc(Cl)c2c3c(sc2n1)CCCCC3)Nc1ccccc1. The second-order valence-electron chi connectivity index (χ2n) is 6.24. The number of halogens is 1. The third kappa shape index (κ3) is 3.87. The van der Waals surface area contributed by atoms with Crippen LogP contribution in [0.5, 0.6) is 0 Å². The Balaban J connectivity index is 1.50. The Hall–Kier alpha value is -1.63. The van der Waals surface area contributed by atoms with Crippen LogP contribution in [0, 0.1) is 0 Å². The fourth-order valence-corrected chi connectivity index (χ4v) is 5.54. The molecule has 2 aromatic heterocycles. The van der Waals surface area contributed by atoms with Gasteiger partial charge in [-0.25, -0.2) is 9.97 Å². The molecule has 0 spiro atoms. The highest BCUT2D eigenvalue weighted by atomic mass is 35.5. The van der Waals surface area contributed by atoms with Crippen molar-refractivity contribution in [1.82, 2.24) is 9.97 Å². The number of nitrogens with zero attached hydrogens (tertiary/aromatic N) is 2. The summed E-state index contributed by atoms with van der Waals surface area (Å²) in [7, 11) is 0. The van der Waals surface area contributed by atoms with Gasteiger partial charge in [0.1, 0.15) is 9.98 Å². The van der Waals surface area contributed by atoms with Gasteiger partial charge in [-0.2, -0.15) is 0 Å². The predicted molar refractivity (Wildman–Crippen MR) is 109 cm³/mol. The van der Waals surface area contributed by atoms with Gasteiger partial charge in [0, 0.05) is 10.6 Å². The summed E-state index contributed by atoms with van der Waals surface area (Å²) in [5.74, 6) is 0.171. The van der Waals surface area contributed by atoms with Crippen LogP contribution in [0.1, 0.15) is 29.7 Å². The molecule has 134 valence electrons. The van der Waals surface area contributed by atoms with Gasteiger partial charge < -0.3 is 5.32 Å². The molecule has 0 bridgehead atoms. The molecule has 2 heterocycles. The second-order valence-corrected chi connectivity index (χ2v) is 8.63. The van der Waals surface area contributed by atoms with Crippen LogP contribution in [0.25, 0.3) is 10.2 Å². The number of rotatable bonds is 4. The molecule has 7 heteroatoms. The fraction of sp³-hybridized carbons (Fsp3) is 0.316. The summed E-state index contributed by atoms with van der Waals surface area (Å²) in [6, 6.07) is 9.42. The average molecular weight is 404 g/mol. The molecule has 0 saturated carbocycles. The van der Waals surface area contributed by atoms with Gasteiger partial charge in [-0.1, -0.05) is 48.0 Å². The van der Waals surface area contributed by atoms with Crippen LogP contribution in [0.3, 0.4) is 0 Å². The van der Waals surface area contributed by atoms with Crippen molar-refractivity contribution in [3.8, 4) is 0 Å². The molecule has 1 N–H and O–H groups in total. The summed E-state index contributed by atoms with van der Waals surface area (Å²) < 4.78 is 0. The minimum atomic E-state index is -0.0806. The number of carbonyl (C=O) groups excluding carboxylic acids is 1. The van der Waals surface area contributed by atoms with Gasteiger partial charge in [0.05, 0.1) is 11.1 Å². The van der Waals surface area contributed by atoms with E-state index in [0.29, 0.717) is 10.3 Å². The summed E-state index contributed by atoms with van der Waals surface area (Å²) in [5, 5.41) is 4.96. The molecule has 0 unspecified atom stereocenters. The van der Waals surface area contributed by atoms with E-state index in [2.05, 4.69) is 15.3 Å². The zero-order valence-electron chi connectivity index (χ0n) is 14.1. The number of para-hydroxylation sites is 1. The smallest absolute Gasteiger partial charge is 0.234 e. The number of aryl methyl sites for hydroxylation is 2. The van der Waals surface area contributed by atoms with Crippen molar-refractivity contribution in [2.75, 3.05) is 11.1 Å². The molecular weight excluding hydrogens is 386 g/mol. The van der Waals surface area contributed by atoms with Gasteiger partial charge in [-0.3, -0.25) is 4.79 Å². The van der Waals surface area contributed by atoms with Gasteiger partial charge in [-0.15, -0.1) is 11.3 Å². The monoisotopic (exact) mass is 403 g/mol. The zero-order valence-corrected chi connectivity index (χ0v) is 16.5. The third-order valence-corrected chi connectivity index (χ3v) is 6.70. The van der Waals surface area contributed by atoms with Crippen molar-refractivity contribution in [3.63, 3.8) is 0 Å². The molecule has 1 aliphatic carbocycles. The summed E-state index contributed by atoms with van der Waals surface area (Å²) in [6.07, 6.45) is 5.86. The maximum atomic E-state index is 12.1. The lowest BCUT2D eigenvalue weighted by atomic mass is 10.1. The van der Waals surface area contributed by atoms with E-state index >= 15 is 0 Å². The van der Waals surface area contributed by atoms with Crippen molar-refractivity contribution in [2.45, 2.75) is 37.3 Å². The highest BCUT2D eigenvalue weighted by molar-refractivity contribution is 7.99. The number of thiophene rings is 1. The average Bonchev–Trinajstić information content (AvgIpc) is 2.83. The summed E-state index contributed by atoms with van der Waals surface area (Å²) in [4.78, 5) is 23.6. The molecule has 4 nitrogen and oxygen atoms in total. The van der Waals surface area contributed by atoms with Gasteiger partial charge >= 0.3 is 0 Å². The fourth-order valence-electron chi connectivity index (χ4n) is 3.18. The van der Waals surface area contributed by atoms with E-state index in [1.165, 1.54) is 41.5 Å². The third-order valence-electron chi connectivity index (χ3n) is 4.39. The number of anilines is 1. The largest absolute Gasteiger partial charge is 0.325 e. The summed E-state index contributed by atoms with van der Waals surface area (Å²) >= 11 is 9.52. The first kappa shape index (κ1) is 17.8. The van der Waals surface area contributed by atoms with Crippen molar-refractivity contribution < 1.29 is 4.79 Å². The van der Waals surface area contributed by atoms with Crippen LogP contribution in [-0.4, -0.2) is 21.6 Å². The molecule has 3 aromatic rings. The molecular formula is C19H18ClN3OS2. The molecule has 1 aliphatic rings. The van der Waals surface area contributed by atoms with Crippen LogP contribution in [0.2, 0.25) is 5.15 Å². The number of nitrogens with one attached hydrogen (secondary N) is 1. The van der Waals surface area contributed by atoms with E-state index in [9.17, 15) is 4.79 Å². The normalized spacial score (nSPS) is 14.0. The van der Waals surface area contributed by atoms with E-state index in [4.69, 9.17) is 11.6 Å². The molecule has 1 amide bonds. The first-order valence-electron chi connectivity index (χ1n) is 8.66. The number of hydrogen-bond acceptors (Lipinski definition) is 5. The predicted octanol–water partition coefficient (Wildman–Crippen LogP) is 5.34. The first-order valence-corrected chi connectivity index (χ1v) is 10.8. The zero-order chi connectivity index (χ0) is 17.9. The van der Waals surface area contributed by atoms with Crippen molar-refractivity contribution in [2.24, 2.45) is 0 Å². The van der Waals surface area contributed by atoms with Gasteiger partial charge in [0.25, 0.3) is 0 Å². The lowest BCUT2D eigenvalue weighted by molar-refractivity contribution is -0.113. The Bertz CT molecular complexity index is 943. The number of carbonyl (C=O) groups is 1. The number of benzene rings is 1. The molecule has 1 aromatic carbocycles. The maximum absolute atomic E-state index is 12.1. The Kier molecular flexibility index (Phi) is 5.43. The van der Waals surface area contributed by atoms with E-state index in [-0.39, 0.29) is 11.7 Å². The van der Waals surface area contributed by atoms with Crippen molar-refractivity contribution in [3.05, 3.63) is 45.9 Å². The maximum Gasteiger partial charge on any atom is 0.234 e. The lowest BCUT2D eigenvalue weighted by Gasteiger charge is -2.05. The van der Waals surface area contributed by atoms with E-state index in [1.807, 2.05) is 30.3 Å². The Morgan fingerprint density at radius 1 is 1.15 bits per heavy atom. The molecule has 26 heavy (non-hydrogen) atoms. The van der Waals surface area contributed by atoms with E-state index in [1.54, 1.807) is 11.3 Å².